The number of benzene rings is 2. The Balaban J connectivity index is 1.18. The third kappa shape index (κ3) is 7.87. The molecule has 6 nitrogen and oxygen atoms in total. The van der Waals surface area contributed by atoms with E-state index in [1.54, 1.807) is 12.1 Å². The van der Waals surface area contributed by atoms with Crippen LogP contribution < -0.4 is 9.64 Å². The molecule has 12 heteroatoms. The van der Waals surface area contributed by atoms with E-state index in [9.17, 15) is 26.3 Å². The molecule has 38 heavy (non-hydrogen) atoms. The molecule has 1 saturated heterocycles. The molecule has 0 radical (unpaired) electrons. The third-order valence-electron chi connectivity index (χ3n) is 6.29. The topological polar surface area (TPSA) is 45.0 Å². The Morgan fingerprint density at radius 3 is 2.32 bits per heavy atom. The van der Waals surface area contributed by atoms with Crippen LogP contribution in [0.4, 0.5) is 32.0 Å². The number of rotatable bonds is 9. The first-order valence-corrected chi connectivity index (χ1v) is 12.1. The molecule has 2 heterocycles. The molecule has 1 aliphatic heterocycles. The Morgan fingerprint density at radius 1 is 0.947 bits per heavy atom. The first kappa shape index (κ1) is 27.8. The van der Waals surface area contributed by atoms with E-state index in [4.69, 9.17) is 4.52 Å². The Hall–Kier alpha value is -3.25. The summed E-state index contributed by atoms with van der Waals surface area (Å²) in [5, 5.41) is 4.01. The van der Waals surface area contributed by atoms with E-state index in [2.05, 4.69) is 19.7 Å². The zero-order chi connectivity index (χ0) is 27.3. The molecule has 0 N–H and O–H groups in total. The Bertz CT molecular complexity index is 1170. The van der Waals surface area contributed by atoms with Gasteiger partial charge < -0.3 is 14.2 Å². The first-order valence-electron chi connectivity index (χ1n) is 12.1. The average molecular weight is 543 g/mol. The number of halogens is 6. The maximum Gasteiger partial charge on any atom is 0.573 e. The van der Waals surface area contributed by atoms with Gasteiger partial charge in [0.2, 0.25) is 0 Å². The van der Waals surface area contributed by atoms with Gasteiger partial charge in [0, 0.05) is 43.5 Å². The van der Waals surface area contributed by atoms with Crippen molar-refractivity contribution < 1.29 is 35.6 Å². The van der Waals surface area contributed by atoms with Crippen LogP contribution in [0, 0.1) is 0 Å². The standard InChI is InChI=1S/C26H28F6N4O2/c1-34(18-23-17-24(33-38-23)19-6-8-22(9-7-19)37-26(30,31)32)10-3-11-35-12-14-36(15-13-35)21-5-2-4-20(16-21)25(27,28)29/h2,4-9,16-17H,3,10-15,18H2,1H3. The van der Waals surface area contributed by atoms with E-state index in [1.807, 2.05) is 11.9 Å². The van der Waals surface area contributed by atoms with Crippen LogP contribution >= 0.6 is 0 Å². The lowest BCUT2D eigenvalue weighted by Gasteiger charge is -2.36. The van der Waals surface area contributed by atoms with Gasteiger partial charge in [-0.3, -0.25) is 9.80 Å². The number of hydrogen-bond donors (Lipinski definition) is 0. The molecule has 0 spiro atoms. The smallest absolute Gasteiger partial charge is 0.406 e. The molecule has 0 bridgehead atoms. The lowest BCUT2D eigenvalue weighted by atomic mass is 10.1. The summed E-state index contributed by atoms with van der Waals surface area (Å²) in [4.78, 5) is 6.37. The van der Waals surface area contributed by atoms with Gasteiger partial charge in [-0.15, -0.1) is 13.2 Å². The molecule has 0 aliphatic carbocycles. The van der Waals surface area contributed by atoms with Gasteiger partial charge in [-0.25, -0.2) is 0 Å². The molecular formula is C26H28F6N4O2. The number of ether oxygens (including phenoxy) is 1. The van der Waals surface area contributed by atoms with Crippen LogP contribution in [0.2, 0.25) is 0 Å². The molecule has 0 amide bonds. The maximum absolute atomic E-state index is 13.0. The van der Waals surface area contributed by atoms with Crippen molar-refractivity contribution in [1.29, 1.82) is 0 Å². The van der Waals surface area contributed by atoms with Crippen molar-refractivity contribution in [3.8, 4) is 17.0 Å². The second kappa shape index (κ2) is 11.6. The molecule has 3 aromatic rings. The summed E-state index contributed by atoms with van der Waals surface area (Å²) in [6, 6.07) is 12.6. The number of piperazine rings is 1. The van der Waals surface area contributed by atoms with Crippen LogP contribution in [0.1, 0.15) is 17.7 Å². The molecule has 4 rings (SSSR count). The van der Waals surface area contributed by atoms with Gasteiger partial charge in [0.25, 0.3) is 0 Å². The van der Waals surface area contributed by atoms with Gasteiger partial charge in [-0.05, 0) is 69.0 Å². The minimum Gasteiger partial charge on any atom is -0.406 e. The Morgan fingerprint density at radius 2 is 1.66 bits per heavy atom. The van der Waals surface area contributed by atoms with Crippen molar-refractivity contribution in [2.75, 3.05) is 51.2 Å². The minimum atomic E-state index is -4.74. The molecule has 0 atom stereocenters. The lowest BCUT2D eigenvalue weighted by molar-refractivity contribution is -0.274. The van der Waals surface area contributed by atoms with Gasteiger partial charge in [-0.1, -0.05) is 11.2 Å². The SMILES string of the molecule is CN(CCCN1CCN(c2cccc(C(F)(F)F)c2)CC1)Cc1cc(-c2ccc(OC(F)(F)F)cc2)no1. The van der Waals surface area contributed by atoms with Crippen molar-refractivity contribution >= 4 is 5.69 Å². The summed E-state index contributed by atoms with van der Waals surface area (Å²) < 4.78 is 85.2. The summed E-state index contributed by atoms with van der Waals surface area (Å²) >= 11 is 0. The van der Waals surface area contributed by atoms with Crippen LogP contribution in [0.25, 0.3) is 11.3 Å². The molecule has 1 aliphatic rings. The van der Waals surface area contributed by atoms with Gasteiger partial charge >= 0.3 is 12.5 Å². The zero-order valence-electron chi connectivity index (χ0n) is 20.7. The summed E-state index contributed by atoms with van der Waals surface area (Å²) in [7, 11) is 1.96. The van der Waals surface area contributed by atoms with Crippen molar-refractivity contribution in [3.63, 3.8) is 0 Å². The van der Waals surface area contributed by atoms with Crippen molar-refractivity contribution in [1.82, 2.24) is 15.0 Å². The van der Waals surface area contributed by atoms with Gasteiger partial charge in [0.05, 0.1) is 12.1 Å². The predicted molar refractivity (Wildman–Crippen MR) is 130 cm³/mol. The van der Waals surface area contributed by atoms with Crippen molar-refractivity contribution in [3.05, 3.63) is 65.9 Å². The monoisotopic (exact) mass is 542 g/mol. The van der Waals surface area contributed by atoms with E-state index >= 15 is 0 Å². The van der Waals surface area contributed by atoms with Crippen molar-refractivity contribution in [2.45, 2.75) is 25.5 Å². The zero-order valence-corrected chi connectivity index (χ0v) is 20.7. The summed E-state index contributed by atoms with van der Waals surface area (Å²) in [5.41, 5.74) is 1.09. The minimum absolute atomic E-state index is 0.304. The average Bonchev–Trinajstić information content (AvgIpc) is 3.32. The van der Waals surface area contributed by atoms with E-state index in [0.717, 1.165) is 38.7 Å². The van der Waals surface area contributed by atoms with Crippen LogP contribution in [0.3, 0.4) is 0 Å². The molecule has 2 aromatic carbocycles. The Labute approximate surface area is 216 Å². The van der Waals surface area contributed by atoms with E-state index in [1.165, 1.54) is 36.4 Å². The van der Waals surface area contributed by atoms with Crippen LogP contribution in [0.5, 0.6) is 5.75 Å². The number of nitrogens with zero attached hydrogens (tertiary/aromatic N) is 4. The summed E-state index contributed by atoms with van der Waals surface area (Å²) in [5.74, 6) is 0.328. The first-order chi connectivity index (χ1) is 18.0. The maximum atomic E-state index is 13.0. The van der Waals surface area contributed by atoms with Crippen LogP contribution in [0.15, 0.2) is 59.1 Å². The second-order valence-electron chi connectivity index (χ2n) is 9.22. The highest BCUT2D eigenvalue weighted by molar-refractivity contribution is 5.59. The van der Waals surface area contributed by atoms with Gasteiger partial charge in [0.15, 0.2) is 5.76 Å². The summed E-state index contributed by atoms with van der Waals surface area (Å²) in [6.07, 6.45) is -8.19. The summed E-state index contributed by atoms with van der Waals surface area (Å²) in [6.45, 7) is 5.08. The van der Waals surface area contributed by atoms with E-state index in [0.29, 0.717) is 42.3 Å². The molecule has 1 aromatic heterocycles. The van der Waals surface area contributed by atoms with E-state index < -0.39 is 18.1 Å². The van der Waals surface area contributed by atoms with E-state index in [-0.39, 0.29) is 5.75 Å². The molecule has 206 valence electrons. The van der Waals surface area contributed by atoms with Gasteiger partial charge in [0.1, 0.15) is 11.4 Å². The fourth-order valence-electron chi connectivity index (χ4n) is 4.37. The highest BCUT2D eigenvalue weighted by Crippen LogP contribution is 2.32. The van der Waals surface area contributed by atoms with Gasteiger partial charge in [-0.2, -0.15) is 13.2 Å². The highest BCUT2D eigenvalue weighted by Gasteiger charge is 2.32. The quantitative estimate of drug-likeness (QED) is 0.314. The highest BCUT2D eigenvalue weighted by atomic mass is 19.4. The number of alkyl halides is 6. The normalized spacial score (nSPS) is 15.3. The number of anilines is 1. The fourth-order valence-corrected chi connectivity index (χ4v) is 4.37. The molecular weight excluding hydrogens is 514 g/mol. The third-order valence-corrected chi connectivity index (χ3v) is 6.29. The lowest BCUT2D eigenvalue weighted by Crippen LogP contribution is -2.47. The van der Waals surface area contributed by atoms with Crippen molar-refractivity contribution in [2.24, 2.45) is 0 Å². The van der Waals surface area contributed by atoms with Crippen LogP contribution in [-0.2, 0) is 12.7 Å². The number of hydrogen-bond acceptors (Lipinski definition) is 6. The Kier molecular flexibility index (Phi) is 8.51. The molecule has 0 saturated carbocycles. The molecule has 0 unspecified atom stereocenters. The molecule has 1 fully saturated rings. The van der Waals surface area contributed by atoms with Crippen LogP contribution in [-0.4, -0.2) is 67.6 Å². The number of aromatic nitrogens is 1. The predicted octanol–water partition coefficient (Wildman–Crippen LogP) is 5.90. The largest absolute Gasteiger partial charge is 0.573 e. The fraction of sp³-hybridized carbons (Fsp3) is 0.423. The second-order valence-corrected chi connectivity index (χ2v) is 9.22.